The molecule has 1 unspecified atom stereocenters. The van der Waals surface area contributed by atoms with Crippen LogP contribution < -0.4 is 5.32 Å². The summed E-state index contributed by atoms with van der Waals surface area (Å²) in [6.45, 7) is 6.24. The Labute approximate surface area is 157 Å². The van der Waals surface area contributed by atoms with Crippen LogP contribution in [0.25, 0.3) is 0 Å². The number of anilines is 1. The van der Waals surface area contributed by atoms with Crippen molar-refractivity contribution in [3.8, 4) is 0 Å². The van der Waals surface area contributed by atoms with Gasteiger partial charge in [0.25, 0.3) is 0 Å². The van der Waals surface area contributed by atoms with Gasteiger partial charge in [0, 0.05) is 38.0 Å². The maximum absolute atomic E-state index is 5.78. The van der Waals surface area contributed by atoms with Crippen molar-refractivity contribution in [1.82, 2.24) is 9.80 Å². The average molecular weight is 362 g/mol. The number of hydrogen-bond acceptors (Lipinski definition) is 3. The van der Waals surface area contributed by atoms with Crippen LogP contribution in [0.2, 0.25) is 0 Å². The molecule has 0 radical (unpaired) electrons. The molecule has 4 nitrogen and oxygen atoms in total. The number of piperidine rings is 1. The molecule has 1 atom stereocenters. The van der Waals surface area contributed by atoms with Crippen LogP contribution in [0.1, 0.15) is 38.2 Å². The van der Waals surface area contributed by atoms with E-state index in [4.69, 9.17) is 17.0 Å². The number of likely N-dealkylation sites (tertiary alicyclic amines) is 1. The number of para-hydroxylation sites is 1. The normalized spacial score (nSPS) is 21.7. The van der Waals surface area contributed by atoms with E-state index < -0.39 is 0 Å². The van der Waals surface area contributed by atoms with Crippen molar-refractivity contribution in [2.24, 2.45) is 0 Å². The fourth-order valence-corrected chi connectivity index (χ4v) is 4.21. The van der Waals surface area contributed by atoms with Gasteiger partial charge >= 0.3 is 0 Å². The number of rotatable bonds is 5. The Morgan fingerprint density at radius 3 is 2.72 bits per heavy atom. The second-order valence-corrected chi connectivity index (χ2v) is 7.62. The van der Waals surface area contributed by atoms with Crippen LogP contribution in [-0.2, 0) is 11.2 Å². The van der Waals surface area contributed by atoms with Crippen LogP contribution >= 0.6 is 12.2 Å². The van der Waals surface area contributed by atoms with Crippen LogP contribution in [0.4, 0.5) is 5.69 Å². The Balaban J connectivity index is 1.47. The molecule has 0 spiro atoms. The highest BCUT2D eigenvalue weighted by molar-refractivity contribution is 7.80. The van der Waals surface area contributed by atoms with Crippen molar-refractivity contribution in [3.63, 3.8) is 0 Å². The first-order chi connectivity index (χ1) is 12.2. The first-order valence-corrected chi connectivity index (χ1v) is 10.0. The minimum atomic E-state index is 0.441. The van der Waals surface area contributed by atoms with E-state index >= 15 is 0 Å². The number of hydrogen-bond donors (Lipinski definition) is 1. The molecule has 2 saturated heterocycles. The van der Waals surface area contributed by atoms with Gasteiger partial charge in [-0.2, -0.15) is 0 Å². The lowest BCUT2D eigenvalue weighted by atomic mass is 10.0. The predicted octanol–water partition coefficient (Wildman–Crippen LogP) is 3.52. The first kappa shape index (κ1) is 18.6. The highest BCUT2D eigenvalue weighted by Gasteiger charge is 2.26. The van der Waals surface area contributed by atoms with E-state index in [-0.39, 0.29) is 0 Å². The van der Waals surface area contributed by atoms with Gasteiger partial charge in [0.15, 0.2) is 5.11 Å². The summed E-state index contributed by atoms with van der Waals surface area (Å²) in [6, 6.07) is 9.08. The van der Waals surface area contributed by atoms with Crippen molar-refractivity contribution in [2.45, 2.75) is 51.2 Å². The molecule has 0 amide bonds. The van der Waals surface area contributed by atoms with E-state index in [1.165, 1.54) is 31.2 Å². The summed E-state index contributed by atoms with van der Waals surface area (Å²) in [7, 11) is 2.25. The van der Waals surface area contributed by atoms with Gasteiger partial charge in [-0.05, 0) is 63.0 Å². The summed E-state index contributed by atoms with van der Waals surface area (Å²) in [6.07, 6.45) is 6.23. The van der Waals surface area contributed by atoms with Gasteiger partial charge < -0.3 is 19.9 Å². The van der Waals surface area contributed by atoms with Crippen molar-refractivity contribution in [1.29, 1.82) is 0 Å². The summed E-state index contributed by atoms with van der Waals surface area (Å²) in [5.41, 5.74) is 2.46. The van der Waals surface area contributed by atoms with E-state index in [0.29, 0.717) is 12.1 Å². The van der Waals surface area contributed by atoms with Crippen molar-refractivity contribution in [3.05, 3.63) is 29.8 Å². The van der Waals surface area contributed by atoms with Gasteiger partial charge in [0.05, 0.1) is 6.10 Å². The number of benzene rings is 1. The van der Waals surface area contributed by atoms with Crippen LogP contribution in [0, 0.1) is 0 Å². The molecule has 25 heavy (non-hydrogen) atoms. The Kier molecular flexibility index (Phi) is 6.68. The quantitative estimate of drug-likeness (QED) is 0.810. The van der Waals surface area contributed by atoms with Gasteiger partial charge in [-0.3, -0.25) is 0 Å². The predicted molar refractivity (Wildman–Crippen MR) is 108 cm³/mol. The molecule has 1 N–H and O–H groups in total. The van der Waals surface area contributed by atoms with Gasteiger partial charge in [0.1, 0.15) is 0 Å². The highest BCUT2D eigenvalue weighted by atomic mass is 32.1. The molecular formula is C20H31N3OS. The van der Waals surface area contributed by atoms with Crippen molar-refractivity contribution < 1.29 is 4.74 Å². The largest absolute Gasteiger partial charge is 0.377 e. The monoisotopic (exact) mass is 361 g/mol. The maximum Gasteiger partial charge on any atom is 0.173 e. The van der Waals surface area contributed by atoms with Crippen molar-refractivity contribution >= 4 is 23.0 Å². The molecule has 2 aliphatic heterocycles. The van der Waals surface area contributed by atoms with E-state index in [2.05, 4.69) is 53.4 Å². The standard InChI is InChI=1S/C20H31N3OS/c1-3-16-7-4-5-9-19(16)21-20(25)23-12-10-17(11-13-23)22(2)15-18-8-6-14-24-18/h4-5,7,9,17-18H,3,6,8,10-15H2,1-2H3,(H,21,25). The van der Waals surface area contributed by atoms with E-state index in [9.17, 15) is 0 Å². The molecular weight excluding hydrogens is 330 g/mol. The number of thiocarbonyl (C=S) groups is 1. The summed E-state index contributed by atoms with van der Waals surface area (Å²) < 4.78 is 5.78. The Bertz CT molecular complexity index is 566. The molecule has 0 bridgehead atoms. The second-order valence-electron chi connectivity index (χ2n) is 7.23. The van der Waals surface area contributed by atoms with Crippen molar-refractivity contribution in [2.75, 3.05) is 38.6 Å². The van der Waals surface area contributed by atoms with E-state index in [1.54, 1.807) is 0 Å². The molecule has 1 aromatic rings. The number of nitrogens with one attached hydrogen (secondary N) is 1. The van der Waals surface area contributed by atoms with Crippen LogP contribution in [0.3, 0.4) is 0 Å². The fourth-order valence-electron chi connectivity index (χ4n) is 3.91. The second kappa shape index (κ2) is 8.97. The zero-order chi connectivity index (χ0) is 17.6. The molecule has 2 fully saturated rings. The molecule has 0 aliphatic carbocycles. The van der Waals surface area contributed by atoms with Gasteiger partial charge in [-0.25, -0.2) is 0 Å². The van der Waals surface area contributed by atoms with Crippen LogP contribution in [-0.4, -0.2) is 60.3 Å². The van der Waals surface area contributed by atoms with Gasteiger partial charge in [0.2, 0.25) is 0 Å². The number of aryl methyl sites for hydroxylation is 1. The van der Waals surface area contributed by atoms with Crippen LogP contribution in [0.5, 0.6) is 0 Å². The topological polar surface area (TPSA) is 27.7 Å². The zero-order valence-corrected chi connectivity index (χ0v) is 16.4. The molecule has 0 saturated carbocycles. The van der Waals surface area contributed by atoms with E-state index in [0.717, 1.165) is 43.5 Å². The molecule has 3 rings (SSSR count). The summed E-state index contributed by atoms with van der Waals surface area (Å²) in [5.74, 6) is 0. The van der Waals surface area contributed by atoms with E-state index in [1.807, 2.05) is 0 Å². The Morgan fingerprint density at radius 2 is 2.04 bits per heavy atom. The van der Waals surface area contributed by atoms with Crippen LogP contribution in [0.15, 0.2) is 24.3 Å². The lowest BCUT2D eigenvalue weighted by molar-refractivity contribution is 0.0576. The molecule has 138 valence electrons. The number of likely N-dealkylation sites (N-methyl/N-ethyl adjacent to an activating group) is 1. The summed E-state index contributed by atoms with van der Waals surface area (Å²) in [5, 5.41) is 4.32. The average Bonchev–Trinajstić information content (AvgIpc) is 3.15. The lowest BCUT2D eigenvalue weighted by Gasteiger charge is -2.38. The maximum atomic E-state index is 5.78. The Morgan fingerprint density at radius 1 is 1.28 bits per heavy atom. The molecule has 2 heterocycles. The fraction of sp³-hybridized carbons (Fsp3) is 0.650. The molecule has 1 aromatic carbocycles. The summed E-state index contributed by atoms with van der Waals surface area (Å²) >= 11 is 5.66. The molecule has 2 aliphatic rings. The molecule has 5 heteroatoms. The Hall–Kier alpha value is -1.17. The first-order valence-electron chi connectivity index (χ1n) is 9.63. The minimum absolute atomic E-state index is 0.441. The lowest BCUT2D eigenvalue weighted by Crippen LogP contribution is -2.48. The highest BCUT2D eigenvalue weighted by Crippen LogP contribution is 2.21. The minimum Gasteiger partial charge on any atom is -0.377 e. The number of ether oxygens (including phenoxy) is 1. The smallest absolute Gasteiger partial charge is 0.173 e. The van der Waals surface area contributed by atoms with Gasteiger partial charge in [-0.1, -0.05) is 25.1 Å². The SMILES string of the molecule is CCc1ccccc1NC(=S)N1CCC(N(C)CC2CCCO2)CC1. The third-order valence-corrected chi connectivity index (χ3v) is 5.89. The number of nitrogens with zero attached hydrogens (tertiary/aromatic N) is 2. The van der Waals surface area contributed by atoms with Gasteiger partial charge in [-0.15, -0.1) is 0 Å². The zero-order valence-electron chi connectivity index (χ0n) is 15.5. The third kappa shape index (κ3) is 4.93. The third-order valence-electron chi connectivity index (χ3n) is 5.53. The summed E-state index contributed by atoms with van der Waals surface area (Å²) in [4.78, 5) is 4.81. The molecule has 0 aromatic heterocycles.